The van der Waals surface area contributed by atoms with Crippen molar-refractivity contribution in [1.82, 2.24) is 9.55 Å². The summed E-state index contributed by atoms with van der Waals surface area (Å²) in [5.41, 5.74) is 4.45. The molecule has 4 rings (SSSR count). The van der Waals surface area contributed by atoms with Crippen LogP contribution in [0.3, 0.4) is 0 Å². The molecule has 132 valence electrons. The summed E-state index contributed by atoms with van der Waals surface area (Å²) in [4.78, 5) is 17.5. The molecule has 5 nitrogen and oxygen atoms in total. The quantitative estimate of drug-likeness (QED) is 0.444. The van der Waals surface area contributed by atoms with E-state index in [0.29, 0.717) is 22.2 Å². The van der Waals surface area contributed by atoms with E-state index < -0.39 is 0 Å². The van der Waals surface area contributed by atoms with Crippen molar-refractivity contribution < 1.29 is 4.39 Å². The number of fused-ring (bicyclic) bond motifs is 1. The number of para-hydroxylation sites is 2. The summed E-state index contributed by atoms with van der Waals surface area (Å²) in [6.45, 7) is 0. The number of anilines is 1. The molecule has 0 unspecified atom stereocenters. The molecule has 1 heterocycles. The van der Waals surface area contributed by atoms with Gasteiger partial charge in [0.2, 0.25) is 5.95 Å². The van der Waals surface area contributed by atoms with Crippen molar-refractivity contribution in [3.8, 4) is 5.69 Å². The van der Waals surface area contributed by atoms with Crippen molar-refractivity contribution >= 4 is 23.1 Å². The molecule has 0 aliphatic rings. The Bertz CT molecular complexity index is 1190. The lowest BCUT2D eigenvalue weighted by Crippen LogP contribution is -2.22. The summed E-state index contributed by atoms with van der Waals surface area (Å²) >= 11 is 0. The first-order chi connectivity index (χ1) is 13.2. The molecule has 27 heavy (non-hydrogen) atoms. The largest absolute Gasteiger partial charge is 0.268 e. The van der Waals surface area contributed by atoms with Gasteiger partial charge in [-0.3, -0.25) is 4.79 Å². The second-order valence-corrected chi connectivity index (χ2v) is 5.85. The van der Waals surface area contributed by atoms with Crippen LogP contribution < -0.4 is 11.0 Å². The highest BCUT2D eigenvalue weighted by atomic mass is 19.1. The Hall–Kier alpha value is -3.80. The summed E-state index contributed by atoms with van der Waals surface area (Å²) in [6.07, 6.45) is 1.47. The predicted octanol–water partition coefficient (Wildman–Crippen LogP) is 3.97. The lowest BCUT2D eigenvalue weighted by atomic mass is 10.2. The monoisotopic (exact) mass is 358 g/mol. The fourth-order valence-electron chi connectivity index (χ4n) is 2.78. The molecule has 3 aromatic carbocycles. The third-order valence-corrected chi connectivity index (χ3v) is 4.02. The van der Waals surface area contributed by atoms with E-state index in [0.717, 1.165) is 0 Å². The standard InChI is InChI=1S/C21H15FN4O/c22-16-8-6-7-15(13-16)14-23-25-21-24-19-12-5-4-11-18(19)20(27)26(21)17-9-2-1-3-10-17/h1-14H,(H,24,25)/b23-14-. The van der Waals surface area contributed by atoms with Gasteiger partial charge in [-0.1, -0.05) is 42.5 Å². The number of hydrogen-bond donors (Lipinski definition) is 1. The number of benzene rings is 3. The Kier molecular flexibility index (Phi) is 4.45. The lowest BCUT2D eigenvalue weighted by Gasteiger charge is -2.12. The maximum Gasteiger partial charge on any atom is 0.267 e. The zero-order valence-electron chi connectivity index (χ0n) is 14.2. The van der Waals surface area contributed by atoms with Gasteiger partial charge in [0.25, 0.3) is 5.56 Å². The van der Waals surface area contributed by atoms with Gasteiger partial charge in [0.1, 0.15) is 5.82 Å². The van der Waals surface area contributed by atoms with Crippen LogP contribution in [-0.2, 0) is 0 Å². The molecular formula is C21H15FN4O. The summed E-state index contributed by atoms with van der Waals surface area (Å²) in [5.74, 6) is -0.0680. The van der Waals surface area contributed by atoms with Crippen molar-refractivity contribution in [3.63, 3.8) is 0 Å². The number of hydrogen-bond acceptors (Lipinski definition) is 4. The average Bonchev–Trinajstić information content (AvgIpc) is 2.69. The molecule has 0 spiro atoms. The molecule has 0 radical (unpaired) electrons. The zero-order chi connectivity index (χ0) is 18.6. The summed E-state index contributed by atoms with van der Waals surface area (Å²) in [5, 5.41) is 4.64. The molecular weight excluding hydrogens is 343 g/mol. The van der Waals surface area contributed by atoms with Gasteiger partial charge in [-0.05, 0) is 42.0 Å². The third kappa shape index (κ3) is 3.46. The fraction of sp³-hybridized carbons (Fsp3) is 0. The van der Waals surface area contributed by atoms with Crippen LogP contribution in [0.25, 0.3) is 16.6 Å². The Morgan fingerprint density at radius 2 is 1.74 bits per heavy atom. The number of rotatable bonds is 4. The highest BCUT2D eigenvalue weighted by molar-refractivity contribution is 5.81. The van der Waals surface area contributed by atoms with Crippen molar-refractivity contribution in [1.29, 1.82) is 0 Å². The SMILES string of the molecule is O=c1c2ccccc2nc(N/N=C\c2cccc(F)c2)n1-c1ccccc1. The van der Waals surface area contributed by atoms with Gasteiger partial charge in [-0.15, -0.1) is 0 Å². The van der Waals surface area contributed by atoms with Crippen molar-refractivity contribution in [2.75, 3.05) is 5.43 Å². The minimum atomic E-state index is -0.344. The topological polar surface area (TPSA) is 59.3 Å². The maximum atomic E-state index is 13.3. The van der Waals surface area contributed by atoms with Crippen LogP contribution >= 0.6 is 0 Å². The van der Waals surface area contributed by atoms with E-state index in [9.17, 15) is 9.18 Å². The lowest BCUT2D eigenvalue weighted by molar-refractivity contribution is 0.627. The van der Waals surface area contributed by atoms with Crippen LogP contribution in [0, 0.1) is 5.82 Å². The van der Waals surface area contributed by atoms with Gasteiger partial charge in [0.05, 0.1) is 22.8 Å². The van der Waals surface area contributed by atoms with Crippen LogP contribution in [-0.4, -0.2) is 15.8 Å². The molecule has 0 atom stereocenters. The molecule has 0 bridgehead atoms. The van der Waals surface area contributed by atoms with Crippen LogP contribution in [0.4, 0.5) is 10.3 Å². The number of hydrazone groups is 1. The molecule has 1 aromatic heterocycles. The van der Waals surface area contributed by atoms with Gasteiger partial charge in [-0.2, -0.15) is 5.10 Å². The Labute approximate surface area is 154 Å². The highest BCUT2D eigenvalue weighted by Gasteiger charge is 2.11. The first-order valence-corrected chi connectivity index (χ1v) is 8.34. The molecule has 0 aliphatic carbocycles. The minimum absolute atomic E-state index is 0.199. The Morgan fingerprint density at radius 3 is 2.56 bits per heavy atom. The average molecular weight is 358 g/mol. The first kappa shape index (κ1) is 16.7. The highest BCUT2D eigenvalue weighted by Crippen LogP contribution is 2.16. The van der Waals surface area contributed by atoms with Gasteiger partial charge >= 0.3 is 0 Å². The summed E-state index contributed by atoms with van der Waals surface area (Å²) in [7, 11) is 0. The summed E-state index contributed by atoms with van der Waals surface area (Å²) < 4.78 is 14.8. The van der Waals surface area contributed by atoms with Crippen molar-refractivity contribution in [2.24, 2.45) is 5.10 Å². The molecule has 0 fully saturated rings. The first-order valence-electron chi connectivity index (χ1n) is 8.34. The summed E-state index contributed by atoms with van der Waals surface area (Å²) in [6, 6.07) is 22.4. The van der Waals surface area contributed by atoms with E-state index in [1.807, 2.05) is 36.4 Å². The van der Waals surface area contributed by atoms with E-state index in [1.54, 1.807) is 30.3 Å². The fourth-order valence-corrected chi connectivity index (χ4v) is 2.78. The number of nitrogens with zero attached hydrogens (tertiary/aromatic N) is 3. The second kappa shape index (κ2) is 7.21. The smallest absolute Gasteiger partial charge is 0.267 e. The Balaban J connectivity index is 1.80. The van der Waals surface area contributed by atoms with Gasteiger partial charge < -0.3 is 0 Å². The van der Waals surface area contributed by atoms with E-state index in [4.69, 9.17) is 0 Å². The Morgan fingerprint density at radius 1 is 0.963 bits per heavy atom. The predicted molar refractivity (Wildman–Crippen MR) is 105 cm³/mol. The van der Waals surface area contributed by atoms with Crippen molar-refractivity contribution in [3.05, 3.63) is 101 Å². The third-order valence-electron chi connectivity index (χ3n) is 4.02. The van der Waals surface area contributed by atoms with E-state index in [-0.39, 0.29) is 17.3 Å². The van der Waals surface area contributed by atoms with Crippen molar-refractivity contribution in [2.45, 2.75) is 0 Å². The maximum absolute atomic E-state index is 13.3. The number of nitrogens with one attached hydrogen (secondary N) is 1. The molecule has 6 heteroatoms. The van der Waals surface area contributed by atoms with Crippen LogP contribution in [0.2, 0.25) is 0 Å². The minimum Gasteiger partial charge on any atom is -0.268 e. The molecule has 0 saturated carbocycles. The van der Waals surface area contributed by atoms with Crippen LogP contribution in [0.5, 0.6) is 0 Å². The normalized spacial score (nSPS) is 11.1. The second-order valence-electron chi connectivity index (χ2n) is 5.85. The number of halogens is 1. The van der Waals surface area contributed by atoms with Gasteiger partial charge in [-0.25, -0.2) is 19.4 Å². The zero-order valence-corrected chi connectivity index (χ0v) is 14.2. The van der Waals surface area contributed by atoms with E-state index >= 15 is 0 Å². The van der Waals surface area contributed by atoms with Crippen LogP contribution in [0.15, 0.2) is 88.8 Å². The molecule has 4 aromatic rings. The van der Waals surface area contributed by atoms with E-state index in [1.165, 1.54) is 22.9 Å². The van der Waals surface area contributed by atoms with Gasteiger partial charge in [0, 0.05) is 0 Å². The van der Waals surface area contributed by atoms with Gasteiger partial charge in [0.15, 0.2) is 0 Å². The molecule has 1 N–H and O–H groups in total. The molecule has 0 aliphatic heterocycles. The molecule has 0 saturated heterocycles. The van der Waals surface area contributed by atoms with Crippen LogP contribution in [0.1, 0.15) is 5.56 Å². The molecule has 0 amide bonds. The number of aromatic nitrogens is 2. The van der Waals surface area contributed by atoms with E-state index in [2.05, 4.69) is 15.5 Å².